The molecule has 0 aliphatic heterocycles. The van der Waals surface area contributed by atoms with Crippen molar-refractivity contribution < 1.29 is 18.0 Å². The Morgan fingerprint density at radius 2 is 1.93 bits per heavy atom. The molecule has 0 saturated carbocycles. The Morgan fingerprint density at radius 1 is 1.15 bits per heavy atom. The van der Waals surface area contributed by atoms with Gasteiger partial charge in [-0.25, -0.2) is 4.98 Å². The van der Waals surface area contributed by atoms with Gasteiger partial charge in [-0.15, -0.1) is 0 Å². The summed E-state index contributed by atoms with van der Waals surface area (Å²) >= 11 is 5.90. The van der Waals surface area contributed by atoms with Crippen LogP contribution in [-0.2, 0) is 6.18 Å². The van der Waals surface area contributed by atoms with Crippen molar-refractivity contribution in [3.8, 4) is 11.3 Å². The highest BCUT2D eigenvalue weighted by atomic mass is 35.5. The summed E-state index contributed by atoms with van der Waals surface area (Å²) in [6.07, 6.45) is -2.29. The van der Waals surface area contributed by atoms with Crippen LogP contribution >= 0.6 is 11.6 Å². The zero-order chi connectivity index (χ0) is 19.6. The van der Waals surface area contributed by atoms with Crippen LogP contribution < -0.4 is 5.32 Å². The van der Waals surface area contributed by atoms with Crippen molar-refractivity contribution >= 4 is 23.2 Å². The van der Waals surface area contributed by atoms with E-state index in [2.05, 4.69) is 20.3 Å². The molecule has 0 atom stereocenters. The Balaban J connectivity index is 1.88. The van der Waals surface area contributed by atoms with E-state index in [1.54, 1.807) is 31.2 Å². The maximum Gasteiger partial charge on any atom is 0.433 e. The molecule has 0 unspecified atom stereocenters. The van der Waals surface area contributed by atoms with Crippen LogP contribution in [0.1, 0.15) is 21.7 Å². The van der Waals surface area contributed by atoms with Gasteiger partial charge in [0.1, 0.15) is 10.8 Å². The number of amides is 1. The third-order valence-electron chi connectivity index (χ3n) is 3.65. The van der Waals surface area contributed by atoms with Crippen LogP contribution in [0.5, 0.6) is 0 Å². The zero-order valence-electron chi connectivity index (χ0n) is 13.9. The number of hydrogen-bond acceptors (Lipinski definition) is 4. The van der Waals surface area contributed by atoms with Crippen molar-refractivity contribution in [2.45, 2.75) is 13.1 Å². The summed E-state index contributed by atoms with van der Waals surface area (Å²) in [4.78, 5) is 23.9. The highest BCUT2D eigenvalue weighted by Crippen LogP contribution is 2.28. The van der Waals surface area contributed by atoms with Gasteiger partial charge in [-0.1, -0.05) is 17.7 Å². The van der Waals surface area contributed by atoms with E-state index in [1.165, 1.54) is 12.3 Å². The lowest BCUT2D eigenvalue weighted by atomic mass is 10.1. The zero-order valence-corrected chi connectivity index (χ0v) is 14.6. The van der Waals surface area contributed by atoms with Gasteiger partial charge < -0.3 is 5.32 Å². The minimum atomic E-state index is -4.63. The van der Waals surface area contributed by atoms with Crippen molar-refractivity contribution in [3.63, 3.8) is 0 Å². The molecule has 9 heteroatoms. The quantitative estimate of drug-likeness (QED) is 0.652. The Morgan fingerprint density at radius 3 is 2.63 bits per heavy atom. The Hall–Kier alpha value is -3.00. The summed E-state index contributed by atoms with van der Waals surface area (Å²) in [6.45, 7) is 1.77. The molecule has 0 aromatic carbocycles. The van der Waals surface area contributed by atoms with Gasteiger partial charge in [0.15, 0.2) is 0 Å². The molecule has 0 aliphatic carbocycles. The first kappa shape index (κ1) is 18.8. The molecule has 3 rings (SSSR count). The summed E-state index contributed by atoms with van der Waals surface area (Å²) < 4.78 is 38.3. The van der Waals surface area contributed by atoms with Gasteiger partial charge in [0.25, 0.3) is 5.91 Å². The molecular weight excluding hydrogens is 381 g/mol. The minimum Gasteiger partial charge on any atom is -0.321 e. The standard InChI is InChI=1S/C18H12ClF3N4O/c1-10-13(14-3-2-4-16(19)26-14)8-12(9-24-10)25-17(27)11-5-6-23-15(7-11)18(20,21)22/h2-9H,1H3,(H,25,27). The molecule has 3 aromatic rings. The second-order valence-electron chi connectivity index (χ2n) is 5.58. The third-order valence-corrected chi connectivity index (χ3v) is 3.86. The van der Waals surface area contributed by atoms with Crippen LogP contribution in [-0.4, -0.2) is 20.9 Å². The Labute approximate surface area is 157 Å². The number of nitrogens with zero attached hydrogens (tertiary/aromatic N) is 3. The molecule has 0 spiro atoms. The molecule has 0 fully saturated rings. The van der Waals surface area contributed by atoms with Gasteiger partial charge in [-0.05, 0) is 37.3 Å². The molecule has 0 aliphatic rings. The first-order valence-electron chi connectivity index (χ1n) is 7.68. The van der Waals surface area contributed by atoms with Gasteiger partial charge in [-0.2, -0.15) is 13.2 Å². The third kappa shape index (κ3) is 4.40. The number of carbonyl (C=O) groups is 1. The molecule has 0 saturated heterocycles. The fraction of sp³-hybridized carbons (Fsp3) is 0.111. The van der Waals surface area contributed by atoms with Crippen LogP contribution in [0.4, 0.5) is 18.9 Å². The molecule has 5 nitrogen and oxygen atoms in total. The number of pyridine rings is 3. The fourth-order valence-corrected chi connectivity index (χ4v) is 2.51. The van der Waals surface area contributed by atoms with E-state index in [1.807, 2.05) is 0 Å². The smallest absolute Gasteiger partial charge is 0.321 e. The van der Waals surface area contributed by atoms with Gasteiger partial charge in [0.05, 0.1) is 17.6 Å². The molecule has 3 aromatic heterocycles. The van der Waals surface area contributed by atoms with Crippen molar-refractivity contribution in [2.24, 2.45) is 0 Å². The van der Waals surface area contributed by atoms with E-state index in [0.717, 1.165) is 6.20 Å². The van der Waals surface area contributed by atoms with E-state index in [4.69, 9.17) is 11.6 Å². The topological polar surface area (TPSA) is 67.8 Å². The number of carbonyl (C=O) groups excluding carboxylic acids is 1. The largest absolute Gasteiger partial charge is 0.433 e. The highest BCUT2D eigenvalue weighted by molar-refractivity contribution is 6.29. The van der Waals surface area contributed by atoms with E-state index in [-0.39, 0.29) is 5.56 Å². The molecule has 1 amide bonds. The highest BCUT2D eigenvalue weighted by Gasteiger charge is 2.32. The predicted octanol–water partition coefficient (Wildman–Crippen LogP) is 4.77. The minimum absolute atomic E-state index is 0.166. The number of nitrogens with one attached hydrogen (secondary N) is 1. The summed E-state index contributed by atoms with van der Waals surface area (Å²) in [6, 6.07) is 8.61. The van der Waals surface area contributed by atoms with Gasteiger partial charge in [-0.3, -0.25) is 14.8 Å². The maximum atomic E-state index is 12.8. The monoisotopic (exact) mass is 392 g/mol. The van der Waals surface area contributed by atoms with Crippen LogP contribution in [0.2, 0.25) is 5.15 Å². The molecule has 138 valence electrons. The molecule has 27 heavy (non-hydrogen) atoms. The Kier molecular flexibility index (Phi) is 5.09. The summed E-state index contributed by atoms with van der Waals surface area (Å²) in [7, 11) is 0. The van der Waals surface area contributed by atoms with Gasteiger partial charge >= 0.3 is 6.18 Å². The van der Waals surface area contributed by atoms with E-state index in [9.17, 15) is 18.0 Å². The first-order chi connectivity index (χ1) is 12.7. The van der Waals surface area contributed by atoms with Crippen molar-refractivity contribution in [2.75, 3.05) is 5.32 Å². The Bertz CT molecular complexity index is 1010. The lowest BCUT2D eigenvalue weighted by molar-refractivity contribution is -0.141. The molecule has 0 bridgehead atoms. The average molecular weight is 393 g/mol. The molecule has 3 heterocycles. The van der Waals surface area contributed by atoms with Crippen LogP contribution in [0.25, 0.3) is 11.3 Å². The van der Waals surface area contributed by atoms with E-state index >= 15 is 0 Å². The lowest BCUT2D eigenvalue weighted by Gasteiger charge is -2.11. The maximum absolute atomic E-state index is 12.8. The van der Waals surface area contributed by atoms with Crippen LogP contribution in [0.3, 0.4) is 0 Å². The van der Waals surface area contributed by atoms with Crippen molar-refractivity contribution in [3.05, 3.63) is 70.9 Å². The SMILES string of the molecule is Cc1ncc(NC(=O)c2ccnc(C(F)(F)F)c2)cc1-c1cccc(Cl)n1. The predicted molar refractivity (Wildman–Crippen MR) is 94.4 cm³/mol. The second-order valence-corrected chi connectivity index (χ2v) is 5.97. The number of alkyl halides is 3. The average Bonchev–Trinajstić information content (AvgIpc) is 2.62. The number of hydrogen-bond donors (Lipinski definition) is 1. The summed E-state index contributed by atoms with van der Waals surface area (Å²) in [5, 5.41) is 2.84. The van der Waals surface area contributed by atoms with Crippen molar-refractivity contribution in [1.29, 1.82) is 0 Å². The van der Waals surface area contributed by atoms with Gasteiger partial charge in [0.2, 0.25) is 0 Å². The molecular formula is C18H12ClF3N4O. The van der Waals surface area contributed by atoms with Crippen molar-refractivity contribution in [1.82, 2.24) is 15.0 Å². The van der Waals surface area contributed by atoms with E-state index in [0.29, 0.717) is 33.9 Å². The first-order valence-corrected chi connectivity index (χ1v) is 8.06. The second kappa shape index (κ2) is 7.32. The molecule has 1 N–H and O–H groups in total. The fourth-order valence-electron chi connectivity index (χ4n) is 2.35. The van der Waals surface area contributed by atoms with Crippen LogP contribution in [0, 0.1) is 6.92 Å². The summed E-state index contributed by atoms with van der Waals surface area (Å²) in [5.41, 5.74) is 0.869. The molecule has 0 radical (unpaired) electrons. The number of halogens is 4. The number of anilines is 1. The number of aromatic nitrogens is 3. The summed E-state index contributed by atoms with van der Waals surface area (Å²) in [5.74, 6) is -0.710. The number of rotatable bonds is 3. The lowest BCUT2D eigenvalue weighted by Crippen LogP contribution is -2.15. The van der Waals surface area contributed by atoms with E-state index < -0.39 is 17.8 Å². The van der Waals surface area contributed by atoms with Crippen LogP contribution in [0.15, 0.2) is 48.8 Å². The normalized spacial score (nSPS) is 11.3. The van der Waals surface area contributed by atoms with Gasteiger partial charge in [0, 0.05) is 23.0 Å². The number of aryl methyl sites for hydroxylation is 1.